The molecule has 4 rings (SSSR count). The molecule has 1 aromatic carbocycles. The molecule has 1 aromatic heterocycles. The molecular formula is C23H24N4O3. The number of anilines is 1. The maximum atomic E-state index is 12.6. The number of carbonyl (C=O) groups is 2. The Labute approximate surface area is 174 Å². The number of aromatic nitrogens is 1. The summed E-state index contributed by atoms with van der Waals surface area (Å²) in [6.45, 7) is 9.39. The second kappa shape index (κ2) is 7.09. The van der Waals surface area contributed by atoms with Crippen molar-refractivity contribution < 1.29 is 14.3 Å². The number of nitrogens with two attached hydrogens (primary N) is 1. The number of allylic oxidation sites excluding steroid dienone is 5. The molecule has 0 saturated carbocycles. The minimum Gasteiger partial charge on any atom is -0.476 e. The number of nitrogens with zero attached hydrogens (tertiary/aromatic N) is 3. The number of rotatable bonds is 4. The minimum absolute atomic E-state index is 0.0566. The molecule has 7 nitrogen and oxygen atoms in total. The highest BCUT2D eigenvalue weighted by Gasteiger charge is 2.31. The molecule has 2 aliphatic rings. The van der Waals surface area contributed by atoms with Crippen LogP contribution in [0.4, 0.5) is 5.82 Å². The van der Waals surface area contributed by atoms with E-state index in [4.69, 9.17) is 10.5 Å². The summed E-state index contributed by atoms with van der Waals surface area (Å²) in [5.74, 6) is 0.396. The van der Waals surface area contributed by atoms with Crippen LogP contribution in [-0.4, -0.2) is 16.3 Å². The summed E-state index contributed by atoms with van der Waals surface area (Å²) in [5, 5.41) is 9.28. The summed E-state index contributed by atoms with van der Waals surface area (Å²) in [7, 11) is 0. The molecule has 1 aliphatic carbocycles. The number of nitrogen functional groups attached to an aromatic ring is 1. The molecular weight excluding hydrogens is 380 g/mol. The highest BCUT2D eigenvalue weighted by molar-refractivity contribution is 6.25. The van der Waals surface area contributed by atoms with Crippen LogP contribution in [0.3, 0.4) is 0 Å². The van der Waals surface area contributed by atoms with E-state index in [1.807, 2.05) is 52.0 Å². The summed E-state index contributed by atoms with van der Waals surface area (Å²) in [4.78, 5) is 25.0. The Kier molecular flexibility index (Phi) is 4.68. The number of Topliss-reactive ketones (excluding diaryl/α,β-unsaturated/α-hetero) is 1. The highest BCUT2D eigenvalue weighted by Crippen LogP contribution is 2.38. The predicted octanol–water partition coefficient (Wildman–Crippen LogP) is 4.75. The van der Waals surface area contributed by atoms with Gasteiger partial charge in [-0.25, -0.2) is 0 Å². The van der Waals surface area contributed by atoms with Crippen LogP contribution in [0.25, 0.3) is 16.3 Å². The van der Waals surface area contributed by atoms with Crippen molar-refractivity contribution in [1.29, 1.82) is 0 Å². The Morgan fingerprint density at radius 3 is 2.30 bits per heavy atom. The average molecular weight is 404 g/mol. The molecule has 30 heavy (non-hydrogen) atoms. The van der Waals surface area contributed by atoms with E-state index in [2.05, 4.69) is 10.2 Å². The third kappa shape index (κ3) is 2.81. The standard InChI is InChI=1S/C23H24N4O3/c1-11-12(2)20(28)14(4)21(13(11)3)30-10-27-19(18-15(5)25-26-23(18)29)16-8-6-7-9-17(16)22(27)24/h6-9,14H,10,24H2,1-5H3. The van der Waals surface area contributed by atoms with Gasteiger partial charge < -0.3 is 10.5 Å². The SMILES string of the molecule is CC1=C(c2c3ccccc3c(N)n2COC2=C(C)C(C)=C(C)C(=O)C2C)C(=O)N=N1. The van der Waals surface area contributed by atoms with Crippen molar-refractivity contribution in [1.82, 2.24) is 4.57 Å². The van der Waals surface area contributed by atoms with Gasteiger partial charge in [-0.05, 0) is 51.3 Å². The van der Waals surface area contributed by atoms with Gasteiger partial charge in [-0.15, -0.1) is 5.11 Å². The molecule has 154 valence electrons. The van der Waals surface area contributed by atoms with Crippen molar-refractivity contribution in [2.45, 2.75) is 41.3 Å². The number of fused-ring (bicyclic) bond motifs is 1. The van der Waals surface area contributed by atoms with Crippen molar-refractivity contribution in [3.63, 3.8) is 0 Å². The van der Waals surface area contributed by atoms with Crippen LogP contribution < -0.4 is 5.73 Å². The number of amides is 1. The lowest BCUT2D eigenvalue weighted by molar-refractivity contribution is -0.119. The molecule has 0 saturated heterocycles. The second-order valence-electron chi connectivity index (χ2n) is 7.77. The normalized spacial score (nSPS) is 19.7. The van der Waals surface area contributed by atoms with Gasteiger partial charge in [0.05, 0.1) is 22.9 Å². The zero-order valence-electron chi connectivity index (χ0n) is 17.7. The van der Waals surface area contributed by atoms with E-state index in [1.54, 1.807) is 11.5 Å². The van der Waals surface area contributed by atoms with E-state index in [9.17, 15) is 9.59 Å². The Balaban J connectivity index is 1.82. The lowest BCUT2D eigenvalue weighted by Gasteiger charge is -2.26. The summed E-state index contributed by atoms with van der Waals surface area (Å²) in [6.07, 6.45) is 0. The number of hydrogen-bond donors (Lipinski definition) is 1. The first kappa shape index (κ1) is 19.8. The number of ketones is 1. The van der Waals surface area contributed by atoms with E-state index in [0.717, 1.165) is 27.5 Å². The van der Waals surface area contributed by atoms with Crippen molar-refractivity contribution >= 4 is 33.9 Å². The fraction of sp³-hybridized carbons (Fsp3) is 0.304. The number of carbonyl (C=O) groups excluding carboxylic acids is 2. The van der Waals surface area contributed by atoms with E-state index >= 15 is 0 Å². The van der Waals surface area contributed by atoms with E-state index in [1.165, 1.54) is 0 Å². The van der Waals surface area contributed by atoms with Crippen LogP contribution in [0.2, 0.25) is 0 Å². The van der Waals surface area contributed by atoms with Gasteiger partial charge in [0.1, 0.15) is 11.6 Å². The highest BCUT2D eigenvalue weighted by atomic mass is 16.5. The Morgan fingerprint density at radius 1 is 1.00 bits per heavy atom. The maximum Gasteiger partial charge on any atom is 0.299 e. The van der Waals surface area contributed by atoms with E-state index in [-0.39, 0.29) is 18.4 Å². The lowest BCUT2D eigenvalue weighted by atomic mass is 9.85. The molecule has 2 heterocycles. The van der Waals surface area contributed by atoms with Gasteiger partial charge in [0.2, 0.25) is 0 Å². The van der Waals surface area contributed by atoms with Gasteiger partial charge in [-0.2, -0.15) is 5.11 Å². The van der Waals surface area contributed by atoms with Gasteiger partial charge >= 0.3 is 0 Å². The third-order valence-electron chi connectivity index (χ3n) is 6.12. The molecule has 1 aliphatic heterocycles. The van der Waals surface area contributed by atoms with Crippen LogP contribution >= 0.6 is 0 Å². The van der Waals surface area contributed by atoms with Gasteiger partial charge in [0.25, 0.3) is 5.91 Å². The van der Waals surface area contributed by atoms with Crippen molar-refractivity contribution in [3.05, 3.63) is 58.1 Å². The summed E-state index contributed by atoms with van der Waals surface area (Å²) in [6, 6.07) is 7.61. The van der Waals surface area contributed by atoms with Crippen molar-refractivity contribution in [2.24, 2.45) is 16.1 Å². The van der Waals surface area contributed by atoms with Crippen LogP contribution in [0, 0.1) is 5.92 Å². The smallest absolute Gasteiger partial charge is 0.299 e. The topological polar surface area (TPSA) is 99.0 Å². The quantitative estimate of drug-likeness (QED) is 0.795. The Morgan fingerprint density at radius 2 is 1.67 bits per heavy atom. The molecule has 0 bridgehead atoms. The zero-order valence-corrected chi connectivity index (χ0v) is 17.7. The van der Waals surface area contributed by atoms with E-state index in [0.29, 0.717) is 28.5 Å². The first-order valence-electron chi connectivity index (χ1n) is 9.83. The number of hydrogen-bond acceptors (Lipinski definition) is 5. The molecule has 1 unspecified atom stereocenters. The second-order valence-corrected chi connectivity index (χ2v) is 7.77. The molecule has 0 radical (unpaired) electrons. The van der Waals surface area contributed by atoms with Crippen LogP contribution in [0.1, 0.15) is 40.3 Å². The Bertz CT molecular complexity index is 1240. The van der Waals surface area contributed by atoms with Crippen LogP contribution in [0.15, 0.2) is 62.7 Å². The summed E-state index contributed by atoms with van der Waals surface area (Å²) in [5.41, 5.74) is 10.7. The fourth-order valence-corrected chi connectivity index (χ4v) is 4.16. The van der Waals surface area contributed by atoms with Crippen LogP contribution in [-0.2, 0) is 21.1 Å². The zero-order chi connectivity index (χ0) is 21.7. The number of azo groups is 1. The molecule has 1 amide bonds. The van der Waals surface area contributed by atoms with Crippen LogP contribution in [0.5, 0.6) is 0 Å². The summed E-state index contributed by atoms with van der Waals surface area (Å²) >= 11 is 0. The maximum absolute atomic E-state index is 12.6. The lowest BCUT2D eigenvalue weighted by Crippen LogP contribution is -2.24. The monoisotopic (exact) mass is 404 g/mol. The van der Waals surface area contributed by atoms with Crippen molar-refractivity contribution in [3.8, 4) is 0 Å². The first-order chi connectivity index (χ1) is 14.2. The third-order valence-corrected chi connectivity index (χ3v) is 6.12. The molecule has 2 N–H and O–H groups in total. The molecule has 1 atom stereocenters. The average Bonchev–Trinajstić information content (AvgIpc) is 3.21. The largest absolute Gasteiger partial charge is 0.476 e. The molecule has 0 spiro atoms. The van der Waals surface area contributed by atoms with Gasteiger partial charge in [0, 0.05) is 10.8 Å². The molecule has 0 fully saturated rings. The van der Waals surface area contributed by atoms with Gasteiger partial charge in [-0.3, -0.25) is 14.2 Å². The number of ether oxygens (including phenoxy) is 1. The molecule has 7 heteroatoms. The fourth-order valence-electron chi connectivity index (χ4n) is 4.16. The summed E-state index contributed by atoms with van der Waals surface area (Å²) < 4.78 is 7.94. The first-order valence-corrected chi connectivity index (χ1v) is 9.83. The Hall–Kier alpha value is -3.48. The van der Waals surface area contributed by atoms with Gasteiger partial charge in [-0.1, -0.05) is 24.3 Å². The number of benzene rings is 1. The molecule has 2 aromatic rings. The van der Waals surface area contributed by atoms with E-state index < -0.39 is 5.91 Å². The predicted molar refractivity (Wildman–Crippen MR) is 115 cm³/mol. The minimum atomic E-state index is -0.400. The van der Waals surface area contributed by atoms with Gasteiger partial charge in [0.15, 0.2) is 12.5 Å². The van der Waals surface area contributed by atoms with Crippen molar-refractivity contribution in [2.75, 3.05) is 5.73 Å².